The minimum Gasteiger partial charge on any atom is -0.483 e. The van der Waals surface area contributed by atoms with Gasteiger partial charge in [-0.05, 0) is 46.9 Å². The summed E-state index contributed by atoms with van der Waals surface area (Å²) >= 11 is 2.18. The summed E-state index contributed by atoms with van der Waals surface area (Å²) in [5, 5.41) is 1.12. The summed E-state index contributed by atoms with van der Waals surface area (Å²) in [5.41, 5.74) is 1.00. The van der Waals surface area contributed by atoms with Crippen LogP contribution >= 0.6 is 22.6 Å². The van der Waals surface area contributed by atoms with Gasteiger partial charge >= 0.3 is 0 Å². The van der Waals surface area contributed by atoms with Gasteiger partial charge < -0.3 is 4.74 Å². The second-order valence-electron chi connectivity index (χ2n) is 2.61. The zero-order valence-electron chi connectivity index (χ0n) is 6.90. The molecule has 1 aromatic heterocycles. The van der Waals surface area contributed by atoms with Crippen molar-refractivity contribution in [2.45, 2.75) is 0 Å². The first kappa shape index (κ1) is 8.74. The molecule has 3 heteroatoms. The predicted octanol–water partition coefficient (Wildman–Crippen LogP) is 3.01. The highest BCUT2D eigenvalue weighted by atomic mass is 127. The Balaban J connectivity index is 2.49. The fourth-order valence-corrected chi connectivity index (χ4v) is 1.57. The molecule has 0 spiro atoms. The van der Waals surface area contributed by atoms with E-state index >= 15 is 0 Å². The lowest BCUT2D eigenvalue weighted by Crippen LogP contribution is -1.88. The van der Waals surface area contributed by atoms with Crippen LogP contribution in [0.25, 0.3) is 10.9 Å². The van der Waals surface area contributed by atoms with Crippen molar-refractivity contribution in [2.24, 2.45) is 0 Å². The van der Waals surface area contributed by atoms with Gasteiger partial charge in [0.05, 0.1) is 5.52 Å². The van der Waals surface area contributed by atoms with Crippen LogP contribution in [0.5, 0.6) is 5.75 Å². The molecule has 0 fully saturated rings. The number of ether oxygens (including phenoxy) is 1. The minimum absolute atomic E-state index is 0.670. The van der Waals surface area contributed by atoms with Crippen LogP contribution in [0.1, 0.15) is 0 Å². The Morgan fingerprint density at radius 3 is 3.08 bits per heavy atom. The summed E-state index contributed by atoms with van der Waals surface area (Å²) in [7, 11) is 0. The molecule has 0 atom stereocenters. The van der Waals surface area contributed by atoms with Crippen LogP contribution in [0, 0.1) is 0 Å². The molecule has 66 valence electrons. The van der Waals surface area contributed by atoms with Crippen molar-refractivity contribution >= 4 is 33.5 Å². The van der Waals surface area contributed by atoms with Gasteiger partial charge in [-0.3, -0.25) is 4.98 Å². The van der Waals surface area contributed by atoms with E-state index in [9.17, 15) is 0 Å². The van der Waals surface area contributed by atoms with Crippen molar-refractivity contribution in [3.63, 3.8) is 0 Å². The summed E-state index contributed by atoms with van der Waals surface area (Å²) in [4.78, 5) is 4.23. The molecule has 0 amide bonds. The average Bonchev–Trinajstić information content (AvgIpc) is 2.18. The quantitative estimate of drug-likeness (QED) is 0.625. The van der Waals surface area contributed by atoms with Crippen LogP contribution in [-0.2, 0) is 0 Å². The zero-order valence-corrected chi connectivity index (χ0v) is 9.06. The molecule has 13 heavy (non-hydrogen) atoms. The number of hydrogen-bond acceptors (Lipinski definition) is 2. The SMILES string of the molecule is ICOc1ccc2ncccc2c1. The van der Waals surface area contributed by atoms with Crippen LogP contribution in [0.15, 0.2) is 36.5 Å². The Morgan fingerprint density at radius 1 is 1.31 bits per heavy atom. The molecule has 2 aromatic rings. The summed E-state index contributed by atoms with van der Waals surface area (Å²) in [6, 6.07) is 9.87. The maximum atomic E-state index is 5.37. The molecule has 0 unspecified atom stereocenters. The Labute approximate surface area is 90.1 Å². The van der Waals surface area contributed by atoms with E-state index in [2.05, 4.69) is 27.6 Å². The van der Waals surface area contributed by atoms with Crippen LogP contribution in [-0.4, -0.2) is 9.60 Å². The van der Waals surface area contributed by atoms with Crippen LogP contribution < -0.4 is 4.74 Å². The van der Waals surface area contributed by atoms with Crippen molar-refractivity contribution in [3.8, 4) is 5.75 Å². The van der Waals surface area contributed by atoms with Crippen molar-refractivity contribution in [3.05, 3.63) is 36.5 Å². The van der Waals surface area contributed by atoms with Crippen LogP contribution in [0.4, 0.5) is 0 Å². The van der Waals surface area contributed by atoms with Gasteiger partial charge in [0, 0.05) is 11.6 Å². The zero-order chi connectivity index (χ0) is 9.10. The van der Waals surface area contributed by atoms with Gasteiger partial charge in [0.15, 0.2) is 0 Å². The number of aromatic nitrogens is 1. The van der Waals surface area contributed by atoms with E-state index < -0.39 is 0 Å². The minimum atomic E-state index is 0.670. The fourth-order valence-electron chi connectivity index (χ4n) is 1.21. The van der Waals surface area contributed by atoms with Gasteiger partial charge in [-0.2, -0.15) is 0 Å². The van der Waals surface area contributed by atoms with Crippen molar-refractivity contribution < 1.29 is 4.74 Å². The van der Waals surface area contributed by atoms with Gasteiger partial charge in [-0.15, -0.1) is 0 Å². The molecule has 2 rings (SSSR count). The first-order valence-electron chi connectivity index (χ1n) is 3.94. The molecule has 0 N–H and O–H groups in total. The third-order valence-electron chi connectivity index (χ3n) is 1.80. The third-order valence-corrected chi connectivity index (χ3v) is 2.11. The van der Waals surface area contributed by atoms with Crippen molar-refractivity contribution in [1.82, 2.24) is 4.98 Å². The Kier molecular flexibility index (Phi) is 2.63. The van der Waals surface area contributed by atoms with Gasteiger partial charge in [0.25, 0.3) is 0 Å². The normalized spacial score (nSPS) is 10.2. The van der Waals surface area contributed by atoms with E-state index in [1.807, 2.05) is 30.3 Å². The second kappa shape index (κ2) is 3.91. The van der Waals surface area contributed by atoms with E-state index in [0.717, 1.165) is 16.7 Å². The fraction of sp³-hybridized carbons (Fsp3) is 0.100. The molecule has 0 saturated carbocycles. The summed E-state index contributed by atoms with van der Waals surface area (Å²) < 4.78 is 6.04. The van der Waals surface area contributed by atoms with E-state index in [-0.39, 0.29) is 0 Å². The smallest absolute Gasteiger partial charge is 0.139 e. The third kappa shape index (κ3) is 1.91. The number of fused-ring (bicyclic) bond motifs is 1. The Hall–Kier alpha value is -0.840. The van der Waals surface area contributed by atoms with Gasteiger partial charge in [-0.25, -0.2) is 0 Å². The molecule has 1 aromatic carbocycles. The van der Waals surface area contributed by atoms with Crippen LogP contribution in [0.2, 0.25) is 0 Å². The highest BCUT2D eigenvalue weighted by molar-refractivity contribution is 14.1. The number of halogens is 1. The maximum absolute atomic E-state index is 5.37. The Bertz CT molecular complexity index is 416. The number of benzene rings is 1. The molecule has 2 nitrogen and oxygen atoms in total. The highest BCUT2D eigenvalue weighted by Gasteiger charge is 1.95. The summed E-state index contributed by atoms with van der Waals surface area (Å²) in [6.07, 6.45) is 1.79. The molecule has 0 aliphatic rings. The van der Waals surface area contributed by atoms with E-state index in [1.54, 1.807) is 6.20 Å². The van der Waals surface area contributed by atoms with E-state index in [0.29, 0.717) is 4.61 Å². The number of nitrogens with zero attached hydrogens (tertiary/aromatic N) is 1. The van der Waals surface area contributed by atoms with Gasteiger partial charge in [0.2, 0.25) is 0 Å². The highest BCUT2D eigenvalue weighted by Crippen LogP contribution is 2.18. The number of rotatable bonds is 2. The molecule has 0 bridgehead atoms. The van der Waals surface area contributed by atoms with Gasteiger partial charge in [0.1, 0.15) is 10.4 Å². The molecular formula is C10H8INO. The number of hydrogen-bond donors (Lipinski definition) is 0. The van der Waals surface area contributed by atoms with E-state index in [1.165, 1.54) is 0 Å². The average molecular weight is 285 g/mol. The van der Waals surface area contributed by atoms with Gasteiger partial charge in [-0.1, -0.05) is 6.07 Å². The molecule has 0 aliphatic heterocycles. The topological polar surface area (TPSA) is 22.1 Å². The molecule has 0 saturated heterocycles. The maximum Gasteiger partial charge on any atom is 0.139 e. The number of pyridine rings is 1. The molecule has 1 heterocycles. The lowest BCUT2D eigenvalue weighted by molar-refractivity contribution is 0.405. The predicted molar refractivity (Wildman–Crippen MR) is 61.3 cm³/mol. The monoisotopic (exact) mass is 285 g/mol. The summed E-state index contributed by atoms with van der Waals surface area (Å²) in [6.45, 7) is 0. The van der Waals surface area contributed by atoms with Crippen molar-refractivity contribution in [1.29, 1.82) is 0 Å². The molecular weight excluding hydrogens is 277 g/mol. The Morgan fingerprint density at radius 2 is 2.23 bits per heavy atom. The standard InChI is InChI=1S/C10H8INO/c11-7-13-9-3-4-10-8(6-9)2-1-5-12-10/h1-6H,7H2. The summed E-state index contributed by atoms with van der Waals surface area (Å²) in [5.74, 6) is 0.898. The van der Waals surface area contributed by atoms with E-state index in [4.69, 9.17) is 4.74 Å². The largest absolute Gasteiger partial charge is 0.483 e. The van der Waals surface area contributed by atoms with Crippen LogP contribution in [0.3, 0.4) is 0 Å². The number of alkyl halides is 1. The second-order valence-corrected chi connectivity index (χ2v) is 3.23. The molecule has 0 aliphatic carbocycles. The lowest BCUT2D eigenvalue weighted by Gasteiger charge is -2.02. The first-order valence-corrected chi connectivity index (χ1v) is 5.46. The van der Waals surface area contributed by atoms with Crippen molar-refractivity contribution in [2.75, 3.05) is 4.61 Å². The molecule has 0 radical (unpaired) electrons. The lowest BCUT2D eigenvalue weighted by atomic mass is 10.2. The first-order chi connectivity index (χ1) is 6.40.